The maximum atomic E-state index is 13.4. The summed E-state index contributed by atoms with van der Waals surface area (Å²) in [5.41, 5.74) is 1.52. The number of rotatable bonds is 2. The van der Waals surface area contributed by atoms with Gasteiger partial charge in [0.05, 0.1) is 28.4 Å². The van der Waals surface area contributed by atoms with Gasteiger partial charge in [-0.05, 0) is 49.2 Å². The van der Waals surface area contributed by atoms with Crippen molar-refractivity contribution in [1.82, 2.24) is 9.80 Å². The first-order valence-electron chi connectivity index (χ1n) is 10.1. The first kappa shape index (κ1) is 21.8. The highest BCUT2D eigenvalue weighted by Crippen LogP contribution is 2.43. The molecule has 2 bridgehead atoms. The van der Waals surface area contributed by atoms with E-state index < -0.39 is 30.1 Å². The highest BCUT2D eigenvalue weighted by Gasteiger charge is 2.63. The Morgan fingerprint density at radius 2 is 1.85 bits per heavy atom. The van der Waals surface area contributed by atoms with Crippen LogP contribution in [0, 0.1) is 18.3 Å². The number of amides is 5. The molecule has 2 aromatic carbocycles. The summed E-state index contributed by atoms with van der Waals surface area (Å²) in [5, 5.41) is 12.9. The molecule has 0 spiro atoms. The quantitative estimate of drug-likeness (QED) is 0.602. The summed E-state index contributed by atoms with van der Waals surface area (Å²) in [6.45, 7) is 1.97. The molecule has 5 amide bonds. The summed E-state index contributed by atoms with van der Waals surface area (Å²) >= 11 is 18.3. The van der Waals surface area contributed by atoms with Gasteiger partial charge in [-0.15, -0.1) is 0 Å². The Balaban J connectivity index is 1.41. The van der Waals surface area contributed by atoms with Crippen molar-refractivity contribution >= 4 is 64.1 Å². The molecule has 2 aromatic rings. The van der Waals surface area contributed by atoms with Crippen LogP contribution in [-0.4, -0.2) is 52.4 Å². The number of nitrogens with one attached hydrogen (secondary N) is 1. The molecule has 33 heavy (non-hydrogen) atoms. The van der Waals surface area contributed by atoms with Crippen LogP contribution in [0.15, 0.2) is 30.3 Å². The van der Waals surface area contributed by atoms with Gasteiger partial charge in [0.2, 0.25) is 0 Å². The van der Waals surface area contributed by atoms with Crippen molar-refractivity contribution in [2.45, 2.75) is 31.5 Å². The molecule has 3 heterocycles. The smallest absolute Gasteiger partial charge is 0.317 e. The van der Waals surface area contributed by atoms with Gasteiger partial charge in [-0.1, -0.05) is 34.8 Å². The number of urea groups is 2. The molecule has 0 radical (unpaired) electrons. The molecular weight excluding hydrogens is 489 g/mol. The lowest BCUT2D eigenvalue weighted by atomic mass is 10.1. The SMILES string of the molecule is Cc1c(N2C(=O)[C@@H]3[C@@H]4C[C@@H](CN4C(=O)Nc4cc(Cl)cc(Cl)c4)N3C2=O)ccc(C#N)c1Cl. The highest BCUT2D eigenvalue weighted by atomic mass is 35.5. The van der Waals surface area contributed by atoms with E-state index in [9.17, 15) is 19.6 Å². The summed E-state index contributed by atoms with van der Waals surface area (Å²) in [6.07, 6.45) is 0.521. The number of halogens is 3. The molecule has 5 rings (SSSR count). The molecule has 0 aromatic heterocycles. The van der Waals surface area contributed by atoms with Crippen molar-refractivity contribution in [3.63, 3.8) is 0 Å². The number of nitriles is 1. The van der Waals surface area contributed by atoms with Crippen molar-refractivity contribution in [2.75, 3.05) is 16.8 Å². The largest absolute Gasteiger partial charge is 0.332 e. The zero-order valence-corrected chi connectivity index (χ0v) is 19.4. The van der Waals surface area contributed by atoms with E-state index in [0.717, 1.165) is 4.90 Å². The molecule has 3 aliphatic heterocycles. The fourth-order valence-corrected chi connectivity index (χ4v) is 5.67. The number of likely N-dealkylation sites (tertiary alicyclic amines) is 1. The Bertz CT molecular complexity index is 1260. The average Bonchev–Trinajstić information content (AvgIpc) is 3.41. The Hall–Kier alpha value is -2.99. The monoisotopic (exact) mass is 503 g/mol. The number of fused-ring (bicyclic) bond motifs is 5. The third-order valence-corrected chi connectivity index (χ3v) is 7.28. The minimum absolute atomic E-state index is 0.201. The number of benzene rings is 2. The zero-order chi connectivity index (χ0) is 23.6. The second-order valence-electron chi connectivity index (χ2n) is 8.19. The van der Waals surface area contributed by atoms with Crippen LogP contribution < -0.4 is 10.2 Å². The molecule has 168 valence electrons. The topological polar surface area (TPSA) is 96.8 Å². The number of hydrogen-bond donors (Lipinski definition) is 1. The number of anilines is 2. The predicted molar refractivity (Wildman–Crippen MR) is 124 cm³/mol. The highest BCUT2D eigenvalue weighted by molar-refractivity contribution is 6.35. The fourth-order valence-electron chi connectivity index (χ4n) is 4.94. The number of nitrogens with zero attached hydrogens (tertiary/aromatic N) is 4. The van der Waals surface area contributed by atoms with E-state index in [1.807, 2.05) is 6.07 Å². The minimum atomic E-state index is -0.779. The first-order valence-corrected chi connectivity index (χ1v) is 11.2. The van der Waals surface area contributed by atoms with E-state index in [1.54, 1.807) is 41.0 Å². The maximum Gasteiger partial charge on any atom is 0.332 e. The molecule has 8 nitrogen and oxygen atoms in total. The first-order chi connectivity index (χ1) is 15.7. The lowest BCUT2D eigenvalue weighted by molar-refractivity contribution is -0.120. The van der Waals surface area contributed by atoms with Crippen LogP contribution in [0.5, 0.6) is 0 Å². The van der Waals surface area contributed by atoms with Gasteiger partial charge in [-0.3, -0.25) is 4.79 Å². The van der Waals surface area contributed by atoms with Gasteiger partial charge in [0, 0.05) is 22.3 Å². The third kappa shape index (κ3) is 3.31. The Kier molecular flexibility index (Phi) is 5.16. The fraction of sp³-hybridized carbons (Fsp3) is 0.273. The standard InChI is InChI=1S/C22H16Cl3N5O3/c1-10-16(3-2-11(8-26)18(10)25)30-20(31)19-17-7-15(29(19)22(30)33)9-28(17)21(32)27-14-5-12(23)4-13(24)6-14/h2-6,15,17,19H,7,9H2,1H3,(H,27,32)/t15-,17-,19-/m0/s1. The van der Waals surface area contributed by atoms with E-state index in [0.29, 0.717) is 39.9 Å². The third-order valence-electron chi connectivity index (χ3n) is 6.36. The van der Waals surface area contributed by atoms with E-state index >= 15 is 0 Å². The second kappa shape index (κ2) is 7.80. The van der Waals surface area contributed by atoms with Crippen LogP contribution in [0.25, 0.3) is 0 Å². The van der Waals surface area contributed by atoms with Crippen molar-refractivity contribution in [3.05, 3.63) is 56.5 Å². The van der Waals surface area contributed by atoms with Gasteiger partial charge in [0.25, 0.3) is 5.91 Å². The van der Waals surface area contributed by atoms with E-state index in [4.69, 9.17) is 34.8 Å². The van der Waals surface area contributed by atoms with Crippen LogP contribution in [0.1, 0.15) is 17.5 Å². The van der Waals surface area contributed by atoms with Crippen molar-refractivity contribution in [2.24, 2.45) is 0 Å². The summed E-state index contributed by atoms with van der Waals surface area (Å²) in [5.74, 6) is -0.417. The minimum Gasteiger partial charge on any atom is -0.317 e. The van der Waals surface area contributed by atoms with Gasteiger partial charge in [0.15, 0.2) is 0 Å². The molecule has 0 aliphatic carbocycles. The van der Waals surface area contributed by atoms with Gasteiger partial charge < -0.3 is 15.1 Å². The molecule has 1 N–H and O–H groups in total. The molecule has 0 unspecified atom stereocenters. The summed E-state index contributed by atoms with van der Waals surface area (Å²) < 4.78 is 0. The summed E-state index contributed by atoms with van der Waals surface area (Å²) in [4.78, 5) is 43.8. The number of carbonyl (C=O) groups is 3. The number of imide groups is 1. The predicted octanol–water partition coefficient (Wildman–Crippen LogP) is 4.65. The van der Waals surface area contributed by atoms with Crippen LogP contribution in [-0.2, 0) is 4.79 Å². The number of piperazine rings is 1. The lowest BCUT2D eigenvalue weighted by Gasteiger charge is -2.34. The second-order valence-corrected chi connectivity index (χ2v) is 9.44. The normalized spacial score (nSPS) is 23.2. The zero-order valence-electron chi connectivity index (χ0n) is 17.2. The van der Waals surface area contributed by atoms with Gasteiger partial charge in [-0.2, -0.15) is 5.26 Å². The van der Waals surface area contributed by atoms with Gasteiger partial charge >= 0.3 is 12.1 Å². The molecule has 0 saturated carbocycles. The van der Waals surface area contributed by atoms with E-state index in [2.05, 4.69) is 5.32 Å². The maximum absolute atomic E-state index is 13.4. The molecular formula is C22H16Cl3N5O3. The Morgan fingerprint density at radius 1 is 1.15 bits per heavy atom. The van der Waals surface area contributed by atoms with Crippen LogP contribution in [0.3, 0.4) is 0 Å². The van der Waals surface area contributed by atoms with Crippen LogP contribution >= 0.6 is 34.8 Å². The average molecular weight is 505 g/mol. The molecule has 3 saturated heterocycles. The number of hydrogen-bond acceptors (Lipinski definition) is 4. The summed E-state index contributed by atoms with van der Waals surface area (Å²) in [7, 11) is 0. The van der Waals surface area contributed by atoms with Gasteiger partial charge in [0.1, 0.15) is 12.1 Å². The van der Waals surface area contributed by atoms with Crippen molar-refractivity contribution in [3.8, 4) is 6.07 Å². The van der Waals surface area contributed by atoms with Crippen LogP contribution in [0.2, 0.25) is 15.1 Å². The van der Waals surface area contributed by atoms with Crippen molar-refractivity contribution < 1.29 is 14.4 Å². The molecule has 3 atom stereocenters. The van der Waals surface area contributed by atoms with Crippen LogP contribution in [0.4, 0.5) is 21.0 Å². The van der Waals surface area contributed by atoms with Gasteiger partial charge in [-0.25, -0.2) is 14.5 Å². The Morgan fingerprint density at radius 3 is 2.52 bits per heavy atom. The lowest BCUT2D eigenvalue weighted by Crippen LogP contribution is -2.55. The number of carbonyl (C=O) groups excluding carboxylic acids is 3. The molecule has 11 heteroatoms. The summed E-state index contributed by atoms with van der Waals surface area (Å²) in [6, 6.07) is 7.39. The van der Waals surface area contributed by atoms with E-state index in [1.165, 1.54) is 6.07 Å². The molecule has 3 aliphatic rings. The van der Waals surface area contributed by atoms with E-state index in [-0.39, 0.29) is 16.6 Å². The molecule has 3 fully saturated rings. The Labute approximate surface area is 204 Å². The van der Waals surface area contributed by atoms with Crippen molar-refractivity contribution in [1.29, 1.82) is 5.26 Å².